The summed E-state index contributed by atoms with van der Waals surface area (Å²) in [6.45, 7) is 7.93. The third-order valence-corrected chi connectivity index (χ3v) is 4.08. The van der Waals surface area contributed by atoms with Gasteiger partial charge in [0.05, 0.1) is 5.69 Å². The second-order valence-corrected chi connectivity index (χ2v) is 5.76. The predicted molar refractivity (Wildman–Crippen MR) is 79.3 cm³/mol. The zero-order valence-corrected chi connectivity index (χ0v) is 12.9. The Labute approximate surface area is 118 Å². The van der Waals surface area contributed by atoms with Gasteiger partial charge in [0.15, 0.2) is 0 Å². The van der Waals surface area contributed by atoms with E-state index in [1.54, 1.807) is 6.92 Å². The number of aryl methyl sites for hydroxylation is 1. The molecule has 0 bridgehead atoms. The van der Waals surface area contributed by atoms with Gasteiger partial charge in [-0.1, -0.05) is 0 Å². The fourth-order valence-corrected chi connectivity index (χ4v) is 2.50. The molecule has 0 aliphatic heterocycles. The van der Waals surface area contributed by atoms with Crippen LogP contribution in [0.25, 0.3) is 0 Å². The highest BCUT2D eigenvalue weighted by atomic mass is 32.1. The molecule has 0 saturated heterocycles. The summed E-state index contributed by atoms with van der Waals surface area (Å²) in [6, 6.07) is 0.565. The van der Waals surface area contributed by atoms with Crippen LogP contribution in [0.2, 0.25) is 0 Å². The Balaban J connectivity index is 2.32. The molecule has 0 fully saturated rings. The second-order valence-electron chi connectivity index (χ2n) is 4.99. The lowest BCUT2D eigenvalue weighted by Crippen LogP contribution is -2.27. The minimum atomic E-state index is -0.909. The minimum Gasteiger partial charge on any atom is -0.478 e. The summed E-state index contributed by atoms with van der Waals surface area (Å²) in [4.78, 5) is 13.4. The molecule has 0 atom stereocenters. The van der Waals surface area contributed by atoms with E-state index in [2.05, 4.69) is 35.5 Å². The van der Waals surface area contributed by atoms with E-state index in [4.69, 9.17) is 5.11 Å². The van der Waals surface area contributed by atoms with E-state index in [1.807, 2.05) is 0 Å². The van der Waals surface area contributed by atoms with Crippen molar-refractivity contribution in [2.24, 2.45) is 0 Å². The zero-order chi connectivity index (χ0) is 14.4. The van der Waals surface area contributed by atoms with Gasteiger partial charge < -0.3 is 15.3 Å². The van der Waals surface area contributed by atoms with Crippen LogP contribution in [0.15, 0.2) is 0 Å². The van der Waals surface area contributed by atoms with E-state index in [1.165, 1.54) is 11.5 Å². The number of hydrogen-bond acceptors (Lipinski definition) is 5. The van der Waals surface area contributed by atoms with Gasteiger partial charge in [-0.15, -0.1) is 0 Å². The molecule has 0 unspecified atom stereocenters. The Bertz CT molecular complexity index is 418. The topological polar surface area (TPSA) is 65.5 Å². The molecule has 1 rings (SSSR count). The summed E-state index contributed by atoms with van der Waals surface area (Å²) in [5.74, 6) is -0.909. The van der Waals surface area contributed by atoms with Crippen LogP contribution in [0.4, 0.5) is 5.00 Å². The first kappa shape index (κ1) is 15.9. The maximum atomic E-state index is 11.1. The smallest absolute Gasteiger partial charge is 0.340 e. The van der Waals surface area contributed by atoms with Crippen molar-refractivity contribution in [1.82, 2.24) is 9.27 Å². The predicted octanol–water partition coefficient (Wildman–Crippen LogP) is 2.68. The molecular weight excluding hydrogens is 262 g/mol. The number of rotatable bonds is 8. The molecule has 0 saturated carbocycles. The van der Waals surface area contributed by atoms with Gasteiger partial charge in [0, 0.05) is 12.6 Å². The first-order chi connectivity index (χ1) is 8.93. The van der Waals surface area contributed by atoms with Gasteiger partial charge in [-0.25, -0.2) is 4.79 Å². The van der Waals surface area contributed by atoms with E-state index in [0.717, 1.165) is 25.9 Å². The Kier molecular flexibility index (Phi) is 6.24. The highest BCUT2D eigenvalue weighted by molar-refractivity contribution is 7.10. The van der Waals surface area contributed by atoms with Crippen LogP contribution in [0.3, 0.4) is 0 Å². The molecule has 0 aromatic carbocycles. The van der Waals surface area contributed by atoms with Gasteiger partial charge in [0.1, 0.15) is 10.6 Å². The third kappa shape index (κ3) is 4.80. The summed E-state index contributed by atoms with van der Waals surface area (Å²) in [5.41, 5.74) is 0.892. The molecule has 0 spiro atoms. The van der Waals surface area contributed by atoms with Gasteiger partial charge in [-0.3, -0.25) is 0 Å². The first-order valence-corrected chi connectivity index (χ1v) is 7.34. The standard InChI is InChI=1S/C13H23N3O2S/c1-9(2)16(4)8-6-5-7-14-12-11(13(17)18)10(3)15-19-12/h9,14H,5-8H2,1-4H3,(H,17,18). The van der Waals surface area contributed by atoms with Crippen LogP contribution in [-0.4, -0.2) is 46.5 Å². The summed E-state index contributed by atoms with van der Waals surface area (Å²) < 4.78 is 4.08. The fraction of sp³-hybridized carbons (Fsp3) is 0.692. The minimum absolute atomic E-state index is 0.310. The second kappa shape index (κ2) is 7.45. The normalized spacial score (nSPS) is 11.3. The van der Waals surface area contributed by atoms with Gasteiger partial charge in [0.2, 0.25) is 0 Å². The molecular formula is C13H23N3O2S. The number of anilines is 1. The van der Waals surface area contributed by atoms with Crippen LogP contribution in [-0.2, 0) is 0 Å². The number of carboxylic acids is 1. The SMILES string of the molecule is Cc1nsc(NCCCCN(C)C(C)C)c1C(=O)O. The lowest BCUT2D eigenvalue weighted by molar-refractivity contribution is 0.0697. The quantitative estimate of drug-likeness (QED) is 0.719. The Morgan fingerprint density at radius 2 is 2.16 bits per heavy atom. The fourth-order valence-electron chi connectivity index (χ4n) is 1.69. The van der Waals surface area contributed by atoms with E-state index >= 15 is 0 Å². The van der Waals surface area contributed by atoms with Crippen molar-refractivity contribution in [1.29, 1.82) is 0 Å². The van der Waals surface area contributed by atoms with E-state index in [-0.39, 0.29) is 0 Å². The number of hydrogen-bond donors (Lipinski definition) is 2. The number of carbonyl (C=O) groups is 1. The monoisotopic (exact) mass is 285 g/mol. The summed E-state index contributed by atoms with van der Waals surface area (Å²) in [7, 11) is 2.12. The average molecular weight is 285 g/mol. The van der Waals surface area contributed by atoms with E-state index in [9.17, 15) is 4.79 Å². The Hall–Kier alpha value is -1.14. The highest BCUT2D eigenvalue weighted by Crippen LogP contribution is 2.24. The largest absolute Gasteiger partial charge is 0.478 e. The molecule has 0 radical (unpaired) electrons. The van der Waals surface area contributed by atoms with Crippen LogP contribution in [0, 0.1) is 6.92 Å². The van der Waals surface area contributed by atoms with Crippen LogP contribution in [0.1, 0.15) is 42.7 Å². The average Bonchev–Trinajstić information content (AvgIpc) is 2.69. The number of nitrogens with zero attached hydrogens (tertiary/aromatic N) is 2. The molecule has 1 aromatic heterocycles. The molecule has 6 heteroatoms. The van der Waals surface area contributed by atoms with Crippen molar-refractivity contribution in [3.8, 4) is 0 Å². The van der Waals surface area contributed by atoms with Crippen molar-refractivity contribution in [2.75, 3.05) is 25.5 Å². The van der Waals surface area contributed by atoms with Gasteiger partial charge in [0.25, 0.3) is 0 Å². The molecule has 1 aromatic rings. The number of aromatic carboxylic acids is 1. The van der Waals surface area contributed by atoms with E-state index in [0.29, 0.717) is 22.3 Å². The summed E-state index contributed by atoms with van der Waals surface area (Å²) >= 11 is 1.22. The molecule has 108 valence electrons. The molecule has 0 amide bonds. The maximum absolute atomic E-state index is 11.1. The van der Waals surface area contributed by atoms with Crippen molar-refractivity contribution in [3.63, 3.8) is 0 Å². The molecule has 0 aliphatic carbocycles. The van der Waals surface area contributed by atoms with Crippen LogP contribution < -0.4 is 5.32 Å². The van der Waals surface area contributed by atoms with Crippen LogP contribution in [0.5, 0.6) is 0 Å². The first-order valence-electron chi connectivity index (χ1n) is 6.57. The molecule has 1 heterocycles. The summed E-state index contributed by atoms with van der Waals surface area (Å²) in [5, 5.41) is 12.9. The van der Waals surface area contributed by atoms with Crippen molar-refractivity contribution < 1.29 is 9.90 Å². The maximum Gasteiger partial charge on any atom is 0.340 e. The molecule has 19 heavy (non-hydrogen) atoms. The number of aromatic nitrogens is 1. The van der Waals surface area contributed by atoms with Crippen molar-refractivity contribution >= 4 is 22.5 Å². The van der Waals surface area contributed by atoms with Gasteiger partial charge in [-0.2, -0.15) is 4.37 Å². The lowest BCUT2D eigenvalue weighted by atomic mass is 10.2. The van der Waals surface area contributed by atoms with E-state index < -0.39 is 5.97 Å². The Morgan fingerprint density at radius 3 is 2.74 bits per heavy atom. The molecule has 5 nitrogen and oxygen atoms in total. The number of unbranched alkanes of at least 4 members (excludes halogenated alkanes) is 1. The van der Waals surface area contributed by atoms with Gasteiger partial charge in [-0.05, 0) is 58.7 Å². The van der Waals surface area contributed by atoms with Crippen LogP contribution >= 0.6 is 11.5 Å². The lowest BCUT2D eigenvalue weighted by Gasteiger charge is -2.20. The number of carboxylic acid groups (broad SMARTS) is 1. The zero-order valence-electron chi connectivity index (χ0n) is 12.1. The molecule has 2 N–H and O–H groups in total. The molecule has 0 aliphatic rings. The van der Waals surface area contributed by atoms with Crippen molar-refractivity contribution in [2.45, 2.75) is 39.7 Å². The van der Waals surface area contributed by atoms with Gasteiger partial charge >= 0.3 is 5.97 Å². The Morgan fingerprint density at radius 1 is 1.47 bits per heavy atom. The summed E-state index contributed by atoms with van der Waals surface area (Å²) in [6.07, 6.45) is 2.12. The third-order valence-electron chi connectivity index (χ3n) is 3.18. The number of nitrogens with one attached hydrogen (secondary N) is 1. The highest BCUT2D eigenvalue weighted by Gasteiger charge is 2.16. The van der Waals surface area contributed by atoms with Crippen molar-refractivity contribution in [3.05, 3.63) is 11.3 Å².